The summed E-state index contributed by atoms with van der Waals surface area (Å²) in [6.07, 6.45) is 2.00. The smallest absolute Gasteiger partial charge is 0.251 e. The molecule has 2 heterocycles. The number of hydrogen-bond donors (Lipinski definition) is 2. The van der Waals surface area contributed by atoms with Gasteiger partial charge in [0.15, 0.2) is 0 Å². The van der Waals surface area contributed by atoms with E-state index in [1.165, 1.54) is 13.0 Å². The number of amides is 1. The minimum atomic E-state index is -0.105. The Bertz CT molecular complexity index is 809. The Kier molecular flexibility index (Phi) is 7.01. The molecular weight excluding hydrogens is 340 g/mol. The van der Waals surface area contributed by atoms with Crippen LogP contribution in [0, 0.1) is 0 Å². The number of pyridine rings is 1. The van der Waals surface area contributed by atoms with E-state index in [2.05, 4.69) is 27.0 Å². The first-order valence-corrected chi connectivity index (χ1v) is 9.98. The molecule has 2 aromatic rings. The highest BCUT2D eigenvalue weighted by Crippen LogP contribution is 2.11. The van der Waals surface area contributed by atoms with Gasteiger partial charge in [0.25, 0.3) is 5.56 Å². The summed E-state index contributed by atoms with van der Waals surface area (Å²) in [4.78, 5) is 32.0. The van der Waals surface area contributed by atoms with E-state index in [0.717, 1.165) is 43.6 Å². The highest BCUT2D eigenvalue weighted by Gasteiger charge is 2.15. The van der Waals surface area contributed by atoms with Crippen LogP contribution in [0.1, 0.15) is 25.3 Å². The van der Waals surface area contributed by atoms with Crippen molar-refractivity contribution in [2.75, 3.05) is 45.8 Å². The van der Waals surface area contributed by atoms with E-state index in [0.29, 0.717) is 24.9 Å². The van der Waals surface area contributed by atoms with Gasteiger partial charge in [-0.15, -0.1) is 0 Å². The number of para-hydroxylation sites is 1. The summed E-state index contributed by atoms with van der Waals surface area (Å²) in [5, 5.41) is 3.98. The number of benzene rings is 1. The van der Waals surface area contributed by atoms with E-state index in [-0.39, 0.29) is 11.5 Å². The van der Waals surface area contributed by atoms with Gasteiger partial charge in [0.2, 0.25) is 5.91 Å². The Morgan fingerprint density at radius 3 is 2.56 bits per heavy atom. The Morgan fingerprint density at radius 1 is 1.11 bits per heavy atom. The maximum atomic E-state index is 12.1. The molecule has 0 aliphatic carbocycles. The van der Waals surface area contributed by atoms with Crippen LogP contribution in [-0.2, 0) is 11.2 Å². The molecule has 2 N–H and O–H groups in total. The fraction of sp³-hybridized carbons (Fsp3) is 0.524. The third-order valence-electron chi connectivity index (χ3n) is 5.21. The monoisotopic (exact) mass is 370 g/mol. The molecule has 1 fully saturated rings. The van der Waals surface area contributed by atoms with Crippen LogP contribution in [-0.4, -0.2) is 66.5 Å². The average molecular weight is 370 g/mol. The quantitative estimate of drug-likeness (QED) is 0.741. The standard InChI is InChI=1S/C21H30N4O2/c1-2-10-24-12-14-25(15-13-24)11-9-22-20(26)8-7-18-16-17-5-3-4-6-19(17)23-21(18)27/h3-6,16H,2,7-15H2,1H3,(H,22,26)(H,23,27). The molecule has 3 rings (SSSR count). The van der Waals surface area contributed by atoms with Crippen LogP contribution >= 0.6 is 0 Å². The number of aromatic amines is 1. The van der Waals surface area contributed by atoms with Crippen LogP contribution in [0.25, 0.3) is 10.9 Å². The fourth-order valence-corrected chi connectivity index (χ4v) is 3.62. The van der Waals surface area contributed by atoms with Crippen molar-refractivity contribution >= 4 is 16.8 Å². The maximum Gasteiger partial charge on any atom is 0.251 e. The zero-order chi connectivity index (χ0) is 19.1. The third-order valence-corrected chi connectivity index (χ3v) is 5.21. The maximum absolute atomic E-state index is 12.1. The number of rotatable bonds is 8. The number of carbonyl (C=O) groups excluding carboxylic acids is 1. The summed E-state index contributed by atoms with van der Waals surface area (Å²) in [7, 11) is 0. The van der Waals surface area contributed by atoms with E-state index in [1.54, 1.807) is 0 Å². The van der Waals surface area contributed by atoms with Crippen molar-refractivity contribution in [1.82, 2.24) is 20.1 Å². The van der Waals surface area contributed by atoms with Crippen molar-refractivity contribution in [1.29, 1.82) is 0 Å². The fourth-order valence-electron chi connectivity index (χ4n) is 3.62. The number of aryl methyl sites for hydroxylation is 1. The minimum Gasteiger partial charge on any atom is -0.355 e. The van der Waals surface area contributed by atoms with Gasteiger partial charge in [-0.25, -0.2) is 0 Å². The molecule has 1 aromatic carbocycles. The number of aromatic nitrogens is 1. The summed E-state index contributed by atoms with van der Waals surface area (Å²) >= 11 is 0. The lowest BCUT2D eigenvalue weighted by Gasteiger charge is -2.34. The van der Waals surface area contributed by atoms with Gasteiger partial charge in [-0.05, 0) is 36.9 Å². The first kappa shape index (κ1) is 19.6. The van der Waals surface area contributed by atoms with Gasteiger partial charge in [-0.2, -0.15) is 0 Å². The van der Waals surface area contributed by atoms with E-state index >= 15 is 0 Å². The molecule has 27 heavy (non-hydrogen) atoms. The predicted octanol–water partition coefficient (Wildman–Crippen LogP) is 1.60. The van der Waals surface area contributed by atoms with Crippen LogP contribution < -0.4 is 10.9 Å². The van der Waals surface area contributed by atoms with E-state index < -0.39 is 0 Å². The summed E-state index contributed by atoms with van der Waals surface area (Å²) < 4.78 is 0. The van der Waals surface area contributed by atoms with Crippen molar-refractivity contribution < 1.29 is 4.79 Å². The Morgan fingerprint density at radius 2 is 1.81 bits per heavy atom. The van der Waals surface area contributed by atoms with Crippen molar-refractivity contribution in [3.63, 3.8) is 0 Å². The van der Waals surface area contributed by atoms with Crippen molar-refractivity contribution in [2.24, 2.45) is 0 Å². The average Bonchev–Trinajstić information content (AvgIpc) is 2.68. The van der Waals surface area contributed by atoms with Gasteiger partial charge in [-0.1, -0.05) is 25.1 Å². The number of fused-ring (bicyclic) bond motifs is 1. The molecule has 0 bridgehead atoms. The first-order chi connectivity index (χ1) is 13.2. The van der Waals surface area contributed by atoms with Gasteiger partial charge in [-0.3, -0.25) is 14.5 Å². The summed E-state index contributed by atoms with van der Waals surface area (Å²) in [5.74, 6) is 0.00665. The lowest BCUT2D eigenvalue weighted by Crippen LogP contribution is -2.48. The van der Waals surface area contributed by atoms with E-state index in [9.17, 15) is 9.59 Å². The predicted molar refractivity (Wildman–Crippen MR) is 109 cm³/mol. The second kappa shape index (κ2) is 9.67. The van der Waals surface area contributed by atoms with Crippen molar-refractivity contribution in [3.05, 3.63) is 46.2 Å². The Labute approximate surface area is 160 Å². The van der Waals surface area contributed by atoms with E-state index in [1.807, 2.05) is 30.3 Å². The number of nitrogens with zero attached hydrogens (tertiary/aromatic N) is 2. The molecule has 0 unspecified atom stereocenters. The third kappa shape index (κ3) is 5.65. The number of nitrogens with one attached hydrogen (secondary N) is 2. The van der Waals surface area contributed by atoms with Gasteiger partial charge >= 0.3 is 0 Å². The van der Waals surface area contributed by atoms with Crippen LogP contribution in [0.5, 0.6) is 0 Å². The van der Waals surface area contributed by atoms with E-state index in [4.69, 9.17) is 0 Å². The Balaban J connectivity index is 1.39. The summed E-state index contributed by atoms with van der Waals surface area (Å²) in [6.45, 7) is 9.33. The van der Waals surface area contributed by atoms with Gasteiger partial charge in [0, 0.05) is 56.8 Å². The van der Waals surface area contributed by atoms with Crippen LogP contribution in [0.2, 0.25) is 0 Å². The molecule has 1 aromatic heterocycles. The normalized spacial score (nSPS) is 15.9. The molecule has 1 amide bonds. The number of piperazine rings is 1. The topological polar surface area (TPSA) is 68.4 Å². The van der Waals surface area contributed by atoms with Crippen molar-refractivity contribution in [3.8, 4) is 0 Å². The summed E-state index contributed by atoms with van der Waals surface area (Å²) in [6, 6.07) is 9.58. The van der Waals surface area contributed by atoms with Crippen molar-refractivity contribution in [2.45, 2.75) is 26.2 Å². The van der Waals surface area contributed by atoms with Crippen LogP contribution in [0.3, 0.4) is 0 Å². The SMILES string of the molecule is CCCN1CCN(CCNC(=O)CCc2cc3ccccc3[nH]c2=O)CC1. The lowest BCUT2D eigenvalue weighted by atomic mass is 10.1. The zero-order valence-electron chi connectivity index (χ0n) is 16.2. The Hall–Kier alpha value is -2.18. The molecule has 1 saturated heterocycles. The van der Waals surface area contributed by atoms with Gasteiger partial charge in [0.1, 0.15) is 0 Å². The summed E-state index contributed by atoms with van der Waals surface area (Å²) in [5.41, 5.74) is 1.39. The highest BCUT2D eigenvalue weighted by molar-refractivity contribution is 5.79. The van der Waals surface area contributed by atoms with Gasteiger partial charge < -0.3 is 15.2 Å². The largest absolute Gasteiger partial charge is 0.355 e. The minimum absolute atomic E-state index is 0.00665. The second-order valence-electron chi connectivity index (χ2n) is 7.24. The molecule has 0 radical (unpaired) electrons. The van der Waals surface area contributed by atoms with Crippen LogP contribution in [0.4, 0.5) is 0 Å². The lowest BCUT2D eigenvalue weighted by molar-refractivity contribution is -0.121. The zero-order valence-corrected chi connectivity index (χ0v) is 16.2. The van der Waals surface area contributed by atoms with Crippen LogP contribution in [0.15, 0.2) is 35.1 Å². The highest BCUT2D eigenvalue weighted by atomic mass is 16.1. The molecule has 146 valence electrons. The molecule has 1 aliphatic rings. The molecule has 6 nitrogen and oxygen atoms in total. The molecule has 1 aliphatic heterocycles. The molecule has 0 atom stereocenters. The molecule has 6 heteroatoms. The number of H-pyrrole nitrogens is 1. The first-order valence-electron chi connectivity index (χ1n) is 9.98. The number of carbonyl (C=O) groups is 1. The second-order valence-corrected chi connectivity index (χ2v) is 7.24. The van der Waals surface area contributed by atoms with Gasteiger partial charge in [0.05, 0.1) is 0 Å². The molecule has 0 spiro atoms. The molecular formula is C21H30N4O2. The number of hydrogen-bond acceptors (Lipinski definition) is 4. The molecule has 0 saturated carbocycles.